The van der Waals surface area contributed by atoms with Gasteiger partial charge in [-0.3, -0.25) is 4.79 Å². The highest BCUT2D eigenvalue weighted by molar-refractivity contribution is 5.79. The van der Waals surface area contributed by atoms with E-state index in [0.29, 0.717) is 25.9 Å². The lowest BCUT2D eigenvalue weighted by Gasteiger charge is -2.33. The van der Waals surface area contributed by atoms with E-state index in [2.05, 4.69) is 5.32 Å². The third kappa shape index (κ3) is 2.68. The molecular weight excluding hydrogens is 195 g/mol. The van der Waals surface area contributed by atoms with E-state index in [1.807, 2.05) is 4.90 Å². The zero-order chi connectivity index (χ0) is 10.7. The van der Waals surface area contributed by atoms with Crippen molar-refractivity contribution in [2.75, 3.05) is 26.2 Å². The summed E-state index contributed by atoms with van der Waals surface area (Å²) in [7, 11) is 0. The van der Waals surface area contributed by atoms with Gasteiger partial charge in [0.05, 0.1) is 0 Å². The van der Waals surface area contributed by atoms with Crippen LogP contribution in [-0.2, 0) is 4.79 Å². The van der Waals surface area contributed by atoms with Crippen molar-refractivity contribution >= 4 is 5.91 Å². The maximum absolute atomic E-state index is 12.9. The average Bonchev–Trinajstić information content (AvgIpc) is 2.30. The fraction of sp³-hybridized carbons (Fsp3) is 0.909. The molecule has 0 unspecified atom stereocenters. The summed E-state index contributed by atoms with van der Waals surface area (Å²) >= 11 is 0. The zero-order valence-electron chi connectivity index (χ0n) is 9.04. The van der Waals surface area contributed by atoms with Crippen LogP contribution in [0.2, 0.25) is 0 Å². The van der Waals surface area contributed by atoms with Crippen molar-refractivity contribution in [1.82, 2.24) is 10.2 Å². The number of alkyl halides is 1. The summed E-state index contributed by atoms with van der Waals surface area (Å²) in [6, 6.07) is 0. The number of carbonyl (C=O) groups excluding carboxylic acids is 1. The molecule has 2 aliphatic rings. The third-order valence-electron chi connectivity index (χ3n) is 3.42. The Morgan fingerprint density at radius 2 is 1.73 bits per heavy atom. The molecule has 2 aliphatic heterocycles. The van der Waals surface area contributed by atoms with E-state index in [4.69, 9.17) is 0 Å². The normalized spacial score (nSPS) is 25.5. The minimum Gasteiger partial charge on any atom is -0.342 e. The van der Waals surface area contributed by atoms with Gasteiger partial charge in [-0.05, 0) is 38.8 Å². The maximum Gasteiger partial charge on any atom is 0.225 e. The standard InChI is InChI=1S/C11H19FN2O/c12-10-3-7-14(8-4-10)11(15)9-1-5-13-6-2-9/h9-10,13H,1-8H2. The molecule has 1 amide bonds. The summed E-state index contributed by atoms with van der Waals surface area (Å²) in [6.45, 7) is 3.11. The predicted molar refractivity (Wildman–Crippen MR) is 56.3 cm³/mol. The van der Waals surface area contributed by atoms with Crippen molar-refractivity contribution in [2.45, 2.75) is 31.9 Å². The number of hydrogen-bond donors (Lipinski definition) is 1. The van der Waals surface area contributed by atoms with Gasteiger partial charge >= 0.3 is 0 Å². The van der Waals surface area contributed by atoms with Crippen LogP contribution >= 0.6 is 0 Å². The Bertz CT molecular complexity index is 221. The van der Waals surface area contributed by atoms with Gasteiger partial charge in [-0.15, -0.1) is 0 Å². The van der Waals surface area contributed by atoms with Gasteiger partial charge < -0.3 is 10.2 Å². The molecule has 0 aliphatic carbocycles. The summed E-state index contributed by atoms with van der Waals surface area (Å²) in [5.74, 6) is 0.436. The molecule has 0 aromatic heterocycles. The number of halogens is 1. The highest BCUT2D eigenvalue weighted by Gasteiger charge is 2.28. The topological polar surface area (TPSA) is 32.3 Å². The smallest absolute Gasteiger partial charge is 0.225 e. The molecule has 4 heteroatoms. The molecule has 2 heterocycles. The Kier molecular flexibility index (Phi) is 3.57. The fourth-order valence-electron chi connectivity index (χ4n) is 2.40. The second-order valence-corrected chi connectivity index (χ2v) is 4.52. The SMILES string of the molecule is O=C(C1CCNCC1)N1CCC(F)CC1. The number of piperidine rings is 2. The lowest BCUT2D eigenvalue weighted by molar-refractivity contribution is -0.137. The Morgan fingerprint density at radius 1 is 1.13 bits per heavy atom. The molecular formula is C11H19FN2O. The quantitative estimate of drug-likeness (QED) is 0.704. The van der Waals surface area contributed by atoms with E-state index >= 15 is 0 Å². The highest BCUT2D eigenvalue weighted by atomic mass is 19.1. The number of hydrogen-bond acceptors (Lipinski definition) is 2. The number of likely N-dealkylation sites (tertiary alicyclic amines) is 1. The first kappa shape index (κ1) is 10.9. The molecule has 1 N–H and O–H groups in total. The molecule has 86 valence electrons. The molecule has 0 spiro atoms. The fourth-order valence-corrected chi connectivity index (χ4v) is 2.40. The molecule has 0 bridgehead atoms. The van der Waals surface area contributed by atoms with Crippen LogP contribution in [0.1, 0.15) is 25.7 Å². The van der Waals surface area contributed by atoms with Gasteiger partial charge in [0, 0.05) is 19.0 Å². The highest BCUT2D eigenvalue weighted by Crippen LogP contribution is 2.19. The van der Waals surface area contributed by atoms with Crippen molar-refractivity contribution < 1.29 is 9.18 Å². The molecule has 3 nitrogen and oxygen atoms in total. The van der Waals surface area contributed by atoms with Gasteiger partial charge in [-0.2, -0.15) is 0 Å². The van der Waals surface area contributed by atoms with Crippen molar-refractivity contribution in [3.05, 3.63) is 0 Å². The molecule has 0 radical (unpaired) electrons. The van der Waals surface area contributed by atoms with Gasteiger partial charge in [-0.1, -0.05) is 0 Å². The zero-order valence-corrected chi connectivity index (χ0v) is 9.04. The van der Waals surface area contributed by atoms with E-state index in [0.717, 1.165) is 25.9 Å². The van der Waals surface area contributed by atoms with Crippen LogP contribution in [0.3, 0.4) is 0 Å². The minimum atomic E-state index is -0.693. The van der Waals surface area contributed by atoms with Gasteiger partial charge in [-0.25, -0.2) is 4.39 Å². The minimum absolute atomic E-state index is 0.183. The Balaban J connectivity index is 1.84. The van der Waals surface area contributed by atoms with Crippen LogP contribution in [0.4, 0.5) is 4.39 Å². The van der Waals surface area contributed by atoms with Crippen molar-refractivity contribution in [3.63, 3.8) is 0 Å². The van der Waals surface area contributed by atoms with Gasteiger partial charge in [0.2, 0.25) is 5.91 Å². The second kappa shape index (κ2) is 4.92. The first-order valence-electron chi connectivity index (χ1n) is 5.91. The number of amides is 1. The van der Waals surface area contributed by atoms with Crippen LogP contribution < -0.4 is 5.32 Å². The molecule has 0 saturated carbocycles. The second-order valence-electron chi connectivity index (χ2n) is 4.52. The average molecular weight is 214 g/mol. The maximum atomic E-state index is 12.9. The molecule has 2 fully saturated rings. The molecule has 2 saturated heterocycles. The first-order chi connectivity index (χ1) is 7.27. The number of carbonyl (C=O) groups is 1. The number of nitrogens with one attached hydrogen (secondary N) is 1. The molecule has 0 atom stereocenters. The van der Waals surface area contributed by atoms with Crippen LogP contribution in [-0.4, -0.2) is 43.2 Å². The molecule has 15 heavy (non-hydrogen) atoms. The lowest BCUT2D eigenvalue weighted by atomic mass is 9.95. The van der Waals surface area contributed by atoms with E-state index in [9.17, 15) is 9.18 Å². The summed E-state index contributed by atoms with van der Waals surface area (Å²) in [4.78, 5) is 13.9. The monoisotopic (exact) mass is 214 g/mol. The third-order valence-corrected chi connectivity index (χ3v) is 3.42. The van der Waals surface area contributed by atoms with E-state index < -0.39 is 6.17 Å². The summed E-state index contributed by atoms with van der Waals surface area (Å²) in [5, 5.41) is 3.25. The van der Waals surface area contributed by atoms with Gasteiger partial charge in [0.15, 0.2) is 0 Å². The summed E-state index contributed by atoms with van der Waals surface area (Å²) in [5.41, 5.74) is 0. The summed E-state index contributed by atoms with van der Waals surface area (Å²) < 4.78 is 12.9. The molecule has 0 aromatic rings. The Labute approximate surface area is 90.0 Å². The van der Waals surface area contributed by atoms with E-state index in [1.54, 1.807) is 0 Å². The predicted octanol–water partition coefficient (Wildman–Crippen LogP) is 0.946. The molecule has 2 rings (SSSR count). The van der Waals surface area contributed by atoms with Crippen molar-refractivity contribution in [3.8, 4) is 0 Å². The van der Waals surface area contributed by atoms with Crippen LogP contribution in [0.5, 0.6) is 0 Å². The number of nitrogens with zero attached hydrogens (tertiary/aromatic N) is 1. The van der Waals surface area contributed by atoms with Gasteiger partial charge in [0.1, 0.15) is 6.17 Å². The van der Waals surface area contributed by atoms with Crippen molar-refractivity contribution in [1.29, 1.82) is 0 Å². The lowest BCUT2D eigenvalue weighted by Crippen LogP contribution is -2.44. The Morgan fingerprint density at radius 3 is 2.33 bits per heavy atom. The largest absolute Gasteiger partial charge is 0.342 e. The Hall–Kier alpha value is -0.640. The first-order valence-corrected chi connectivity index (χ1v) is 5.91. The number of rotatable bonds is 1. The van der Waals surface area contributed by atoms with Gasteiger partial charge in [0.25, 0.3) is 0 Å². The van der Waals surface area contributed by atoms with E-state index in [-0.39, 0.29) is 11.8 Å². The van der Waals surface area contributed by atoms with Crippen LogP contribution in [0.25, 0.3) is 0 Å². The van der Waals surface area contributed by atoms with Crippen LogP contribution in [0.15, 0.2) is 0 Å². The van der Waals surface area contributed by atoms with Crippen LogP contribution in [0, 0.1) is 5.92 Å². The molecule has 0 aromatic carbocycles. The van der Waals surface area contributed by atoms with E-state index in [1.165, 1.54) is 0 Å². The summed E-state index contributed by atoms with van der Waals surface area (Å²) in [6.07, 6.45) is 2.23. The van der Waals surface area contributed by atoms with Crippen molar-refractivity contribution in [2.24, 2.45) is 5.92 Å².